The lowest BCUT2D eigenvalue weighted by Gasteiger charge is -2.19. The summed E-state index contributed by atoms with van der Waals surface area (Å²) in [4.78, 5) is 0. The molecule has 80 valence electrons. The zero-order chi connectivity index (χ0) is 9.80. The van der Waals surface area contributed by atoms with Gasteiger partial charge in [0.05, 0.1) is 0 Å². The van der Waals surface area contributed by atoms with E-state index in [1.807, 2.05) is 0 Å². The molecule has 1 saturated carbocycles. The maximum absolute atomic E-state index is 2.55. The zero-order valence-electron chi connectivity index (χ0n) is 9.54. The van der Waals surface area contributed by atoms with Crippen molar-refractivity contribution in [3.8, 4) is 0 Å². The molecule has 2 aliphatic carbocycles. The number of hydrogen-bond donors (Lipinski definition) is 0. The van der Waals surface area contributed by atoms with E-state index in [1.165, 1.54) is 51.4 Å². The quantitative estimate of drug-likeness (QED) is 0.563. The summed E-state index contributed by atoms with van der Waals surface area (Å²) in [6.07, 6.45) is 16.7. The van der Waals surface area contributed by atoms with Crippen molar-refractivity contribution < 1.29 is 0 Å². The summed E-state index contributed by atoms with van der Waals surface area (Å²) in [5, 5.41) is 0. The molecule has 0 amide bonds. The summed E-state index contributed by atoms with van der Waals surface area (Å²) in [5.74, 6) is 2.97. The number of allylic oxidation sites excluding steroid dienone is 2. The van der Waals surface area contributed by atoms with Gasteiger partial charge in [-0.1, -0.05) is 38.3 Å². The molecule has 0 bridgehead atoms. The third kappa shape index (κ3) is 2.40. The lowest BCUT2D eigenvalue weighted by molar-refractivity contribution is 0.349. The highest BCUT2D eigenvalue weighted by molar-refractivity contribution is 4.96. The van der Waals surface area contributed by atoms with Crippen LogP contribution in [0.25, 0.3) is 0 Å². The molecule has 0 nitrogen and oxygen atoms in total. The molecule has 2 atom stereocenters. The van der Waals surface area contributed by atoms with Gasteiger partial charge in [-0.05, 0) is 49.9 Å². The normalized spacial score (nSPS) is 34.6. The van der Waals surface area contributed by atoms with Gasteiger partial charge in [0.1, 0.15) is 0 Å². The van der Waals surface area contributed by atoms with Crippen molar-refractivity contribution >= 4 is 0 Å². The third-order valence-corrected chi connectivity index (χ3v) is 4.34. The van der Waals surface area contributed by atoms with E-state index in [2.05, 4.69) is 19.1 Å². The smallest absolute Gasteiger partial charge is 0.0205 e. The first-order valence-corrected chi connectivity index (χ1v) is 6.56. The van der Waals surface area contributed by atoms with Gasteiger partial charge >= 0.3 is 0 Å². The second-order valence-corrected chi connectivity index (χ2v) is 5.22. The molecule has 0 heterocycles. The van der Waals surface area contributed by atoms with E-state index in [0.717, 1.165) is 17.8 Å². The van der Waals surface area contributed by atoms with Gasteiger partial charge in [0, 0.05) is 0 Å². The molecule has 0 aromatic carbocycles. The number of rotatable bonds is 2. The largest absolute Gasteiger partial charge is 0.0880 e. The molecule has 0 radical (unpaired) electrons. The first-order chi connectivity index (χ1) is 6.90. The Balaban J connectivity index is 1.88. The average molecular weight is 192 g/mol. The average Bonchev–Trinajstić information content (AvgIpc) is 2.63. The first-order valence-electron chi connectivity index (χ1n) is 6.56. The van der Waals surface area contributed by atoms with Gasteiger partial charge in [-0.25, -0.2) is 0 Å². The molecule has 0 heteroatoms. The van der Waals surface area contributed by atoms with Crippen molar-refractivity contribution in [1.82, 2.24) is 0 Å². The minimum absolute atomic E-state index is 0.939. The highest BCUT2D eigenvalue weighted by Crippen LogP contribution is 2.37. The topological polar surface area (TPSA) is 0 Å². The van der Waals surface area contributed by atoms with Gasteiger partial charge < -0.3 is 0 Å². The Bertz CT molecular complexity index is 186. The van der Waals surface area contributed by atoms with Crippen molar-refractivity contribution in [3.63, 3.8) is 0 Å². The fourth-order valence-electron chi connectivity index (χ4n) is 3.24. The Kier molecular flexibility index (Phi) is 3.67. The van der Waals surface area contributed by atoms with Gasteiger partial charge in [-0.3, -0.25) is 0 Å². The Morgan fingerprint density at radius 3 is 2.57 bits per heavy atom. The van der Waals surface area contributed by atoms with Gasteiger partial charge in [0.15, 0.2) is 0 Å². The lowest BCUT2D eigenvalue weighted by atomic mass is 9.86. The predicted octanol–water partition coefficient (Wildman–Crippen LogP) is 4.56. The summed E-state index contributed by atoms with van der Waals surface area (Å²) in [7, 11) is 0. The van der Waals surface area contributed by atoms with Gasteiger partial charge in [0.25, 0.3) is 0 Å². The minimum atomic E-state index is 0.939. The molecule has 0 N–H and O–H groups in total. The fraction of sp³-hybridized carbons (Fsp3) is 0.857. The maximum atomic E-state index is 2.55. The highest BCUT2D eigenvalue weighted by Gasteiger charge is 2.24. The minimum Gasteiger partial charge on any atom is -0.0880 e. The van der Waals surface area contributed by atoms with E-state index in [9.17, 15) is 0 Å². The van der Waals surface area contributed by atoms with E-state index in [-0.39, 0.29) is 0 Å². The van der Waals surface area contributed by atoms with Crippen LogP contribution in [0.3, 0.4) is 0 Å². The van der Waals surface area contributed by atoms with Crippen molar-refractivity contribution in [3.05, 3.63) is 12.2 Å². The standard InChI is InChI=1S/C14H24/c1-2-12-6-5-9-14(11-10-12)13-7-3-4-8-13/h5,9,12-14H,2-4,6-8,10-11H2,1H3. The Hall–Kier alpha value is -0.260. The molecule has 2 aliphatic rings. The Labute approximate surface area is 88.8 Å². The molecule has 0 aromatic rings. The van der Waals surface area contributed by atoms with E-state index in [4.69, 9.17) is 0 Å². The first kappa shape index (κ1) is 10.3. The molecule has 2 unspecified atom stereocenters. The van der Waals surface area contributed by atoms with Crippen LogP contribution in [0.15, 0.2) is 12.2 Å². The van der Waals surface area contributed by atoms with Crippen molar-refractivity contribution in [2.24, 2.45) is 17.8 Å². The molecular weight excluding hydrogens is 168 g/mol. The second-order valence-electron chi connectivity index (χ2n) is 5.22. The van der Waals surface area contributed by atoms with E-state index in [1.54, 1.807) is 0 Å². The third-order valence-electron chi connectivity index (χ3n) is 4.34. The monoisotopic (exact) mass is 192 g/mol. The van der Waals surface area contributed by atoms with Crippen LogP contribution in [0.4, 0.5) is 0 Å². The van der Waals surface area contributed by atoms with E-state index in [0.29, 0.717) is 0 Å². The predicted molar refractivity (Wildman–Crippen MR) is 62.2 cm³/mol. The van der Waals surface area contributed by atoms with Crippen molar-refractivity contribution in [1.29, 1.82) is 0 Å². The Morgan fingerprint density at radius 1 is 1.07 bits per heavy atom. The van der Waals surface area contributed by atoms with Crippen LogP contribution in [0.2, 0.25) is 0 Å². The summed E-state index contributed by atoms with van der Waals surface area (Å²) in [5.41, 5.74) is 0. The van der Waals surface area contributed by atoms with Crippen LogP contribution in [-0.4, -0.2) is 0 Å². The van der Waals surface area contributed by atoms with Gasteiger partial charge in [-0.2, -0.15) is 0 Å². The van der Waals surface area contributed by atoms with Crippen LogP contribution in [0.5, 0.6) is 0 Å². The van der Waals surface area contributed by atoms with Gasteiger partial charge in [0.2, 0.25) is 0 Å². The highest BCUT2D eigenvalue weighted by atomic mass is 14.3. The number of hydrogen-bond acceptors (Lipinski definition) is 0. The van der Waals surface area contributed by atoms with Crippen LogP contribution in [0.1, 0.15) is 58.3 Å². The van der Waals surface area contributed by atoms with Crippen molar-refractivity contribution in [2.75, 3.05) is 0 Å². The van der Waals surface area contributed by atoms with Crippen LogP contribution >= 0.6 is 0 Å². The molecule has 0 spiro atoms. The van der Waals surface area contributed by atoms with E-state index >= 15 is 0 Å². The molecule has 0 aromatic heterocycles. The van der Waals surface area contributed by atoms with Crippen LogP contribution in [0, 0.1) is 17.8 Å². The van der Waals surface area contributed by atoms with Crippen molar-refractivity contribution in [2.45, 2.75) is 58.3 Å². The second kappa shape index (κ2) is 5.00. The molecule has 1 fully saturated rings. The summed E-state index contributed by atoms with van der Waals surface area (Å²) >= 11 is 0. The maximum Gasteiger partial charge on any atom is -0.0205 e. The Morgan fingerprint density at radius 2 is 1.86 bits per heavy atom. The molecular formula is C14H24. The lowest BCUT2D eigenvalue weighted by Crippen LogP contribution is -2.09. The van der Waals surface area contributed by atoms with E-state index < -0.39 is 0 Å². The SMILES string of the molecule is CCC1CC=CC(C2CCCC2)CC1. The van der Waals surface area contributed by atoms with Gasteiger partial charge in [-0.15, -0.1) is 0 Å². The van der Waals surface area contributed by atoms with Crippen LogP contribution < -0.4 is 0 Å². The fourth-order valence-corrected chi connectivity index (χ4v) is 3.24. The summed E-state index contributed by atoms with van der Waals surface area (Å²) < 4.78 is 0. The molecule has 14 heavy (non-hydrogen) atoms. The zero-order valence-corrected chi connectivity index (χ0v) is 9.54. The van der Waals surface area contributed by atoms with Crippen LogP contribution in [-0.2, 0) is 0 Å². The molecule has 0 saturated heterocycles. The summed E-state index contributed by atoms with van der Waals surface area (Å²) in [6, 6.07) is 0. The summed E-state index contributed by atoms with van der Waals surface area (Å²) in [6.45, 7) is 2.34. The molecule has 0 aliphatic heterocycles. The molecule has 2 rings (SSSR count).